The second kappa shape index (κ2) is 7.25. The molecule has 0 spiro atoms. The van der Waals surface area contributed by atoms with Crippen LogP contribution in [0.1, 0.15) is 11.3 Å². The van der Waals surface area contributed by atoms with Crippen molar-refractivity contribution in [3.05, 3.63) is 47.7 Å². The molecule has 0 bridgehead atoms. The summed E-state index contributed by atoms with van der Waals surface area (Å²) >= 11 is 0. The third kappa shape index (κ3) is 3.28. The van der Waals surface area contributed by atoms with Crippen LogP contribution in [0.15, 0.2) is 36.4 Å². The molecule has 1 aromatic heterocycles. The Balaban J connectivity index is 2.06. The van der Waals surface area contributed by atoms with Gasteiger partial charge in [-0.1, -0.05) is 12.1 Å². The van der Waals surface area contributed by atoms with Crippen molar-refractivity contribution in [2.75, 3.05) is 28.4 Å². The fourth-order valence-corrected chi connectivity index (χ4v) is 2.73. The number of para-hydroxylation sites is 2. The van der Waals surface area contributed by atoms with Gasteiger partial charge in [-0.05, 0) is 29.8 Å². The number of aromatic nitrogens is 2. The van der Waals surface area contributed by atoms with Gasteiger partial charge in [-0.25, -0.2) is 9.97 Å². The van der Waals surface area contributed by atoms with Gasteiger partial charge >= 0.3 is 0 Å². The van der Waals surface area contributed by atoms with Gasteiger partial charge in [0, 0.05) is 6.42 Å². The van der Waals surface area contributed by atoms with E-state index < -0.39 is 0 Å². The highest BCUT2D eigenvalue weighted by atomic mass is 16.5. The summed E-state index contributed by atoms with van der Waals surface area (Å²) in [5.74, 6) is 2.27. The summed E-state index contributed by atoms with van der Waals surface area (Å²) in [6.45, 7) is 0. The van der Waals surface area contributed by atoms with E-state index in [0.717, 1.165) is 22.3 Å². The first-order chi connectivity index (χ1) is 12.2. The van der Waals surface area contributed by atoms with Gasteiger partial charge in [-0.3, -0.25) is 0 Å². The quantitative estimate of drug-likeness (QED) is 0.686. The average Bonchev–Trinajstić information content (AvgIpc) is 2.66. The lowest BCUT2D eigenvalue weighted by atomic mass is 10.1. The van der Waals surface area contributed by atoms with E-state index in [1.165, 1.54) is 0 Å². The minimum Gasteiger partial charge on any atom is -0.493 e. The van der Waals surface area contributed by atoms with Crippen molar-refractivity contribution in [2.24, 2.45) is 0 Å². The van der Waals surface area contributed by atoms with Crippen LogP contribution in [0, 0.1) is 0 Å². The predicted molar refractivity (Wildman–Crippen MR) is 95.0 cm³/mol. The number of rotatable bonds is 6. The molecule has 0 aliphatic rings. The number of methoxy groups -OCH3 is 4. The summed E-state index contributed by atoms with van der Waals surface area (Å²) in [5, 5.41) is 0. The van der Waals surface area contributed by atoms with Gasteiger partial charge in [-0.15, -0.1) is 0 Å². The van der Waals surface area contributed by atoms with Gasteiger partial charge in [0.1, 0.15) is 5.69 Å². The normalized spacial score (nSPS) is 10.6. The molecule has 6 heteroatoms. The van der Waals surface area contributed by atoms with Gasteiger partial charge in [-0.2, -0.15) is 0 Å². The molecular formula is C19H20N2O4. The Morgan fingerprint density at radius 2 is 1.36 bits per heavy atom. The van der Waals surface area contributed by atoms with Crippen molar-refractivity contribution in [1.82, 2.24) is 9.97 Å². The van der Waals surface area contributed by atoms with Gasteiger partial charge in [0.25, 0.3) is 0 Å². The van der Waals surface area contributed by atoms with Crippen LogP contribution in [0.3, 0.4) is 0 Å². The maximum atomic E-state index is 5.42. The first kappa shape index (κ1) is 16.8. The van der Waals surface area contributed by atoms with Crippen molar-refractivity contribution in [1.29, 1.82) is 0 Å². The summed E-state index contributed by atoms with van der Waals surface area (Å²) in [4.78, 5) is 9.23. The van der Waals surface area contributed by atoms with Crippen LogP contribution in [-0.2, 0) is 6.42 Å². The van der Waals surface area contributed by atoms with E-state index in [2.05, 4.69) is 4.98 Å². The van der Waals surface area contributed by atoms with Crippen LogP contribution >= 0.6 is 0 Å². The lowest BCUT2D eigenvalue weighted by Gasteiger charge is -2.14. The van der Waals surface area contributed by atoms with Crippen LogP contribution in [0.5, 0.6) is 23.1 Å². The average molecular weight is 340 g/mol. The molecule has 0 radical (unpaired) electrons. The zero-order valence-electron chi connectivity index (χ0n) is 14.7. The second-order valence-electron chi connectivity index (χ2n) is 5.38. The Labute approximate surface area is 146 Å². The van der Waals surface area contributed by atoms with Gasteiger partial charge < -0.3 is 18.9 Å². The van der Waals surface area contributed by atoms with Crippen LogP contribution in [0.25, 0.3) is 11.0 Å². The summed E-state index contributed by atoms with van der Waals surface area (Å²) in [7, 11) is 6.37. The number of hydrogen-bond donors (Lipinski definition) is 0. The fraction of sp³-hybridized carbons (Fsp3) is 0.263. The predicted octanol–water partition coefficient (Wildman–Crippen LogP) is 3.26. The lowest BCUT2D eigenvalue weighted by Crippen LogP contribution is -2.02. The highest BCUT2D eigenvalue weighted by Crippen LogP contribution is 2.39. The monoisotopic (exact) mass is 340 g/mol. The van der Waals surface area contributed by atoms with E-state index in [1.807, 2.05) is 36.4 Å². The van der Waals surface area contributed by atoms with Gasteiger partial charge in [0.15, 0.2) is 11.5 Å². The molecule has 0 fully saturated rings. The zero-order valence-corrected chi connectivity index (χ0v) is 14.7. The molecule has 0 aliphatic heterocycles. The minimum atomic E-state index is 0.507. The summed E-state index contributed by atoms with van der Waals surface area (Å²) < 4.78 is 21.6. The number of ether oxygens (including phenoxy) is 4. The number of hydrogen-bond acceptors (Lipinski definition) is 6. The molecule has 0 amide bonds. The van der Waals surface area contributed by atoms with Crippen LogP contribution < -0.4 is 18.9 Å². The molecule has 0 atom stereocenters. The Kier molecular flexibility index (Phi) is 4.88. The van der Waals surface area contributed by atoms with E-state index in [9.17, 15) is 0 Å². The first-order valence-corrected chi connectivity index (χ1v) is 7.78. The van der Waals surface area contributed by atoms with Crippen LogP contribution in [-0.4, -0.2) is 38.4 Å². The Hall–Kier alpha value is -3.02. The zero-order chi connectivity index (χ0) is 17.8. The summed E-state index contributed by atoms with van der Waals surface area (Å²) in [5.41, 5.74) is 3.33. The molecule has 0 saturated heterocycles. The van der Waals surface area contributed by atoms with E-state index in [4.69, 9.17) is 23.9 Å². The van der Waals surface area contributed by atoms with Crippen LogP contribution in [0.4, 0.5) is 0 Å². The van der Waals surface area contributed by atoms with Crippen molar-refractivity contribution in [3.63, 3.8) is 0 Å². The molecule has 3 aromatic rings. The standard InChI is InChI=1S/C19H20N2O4/c1-22-16-10-12(11-17(23-2)18(16)24-3)9-15-19(25-4)21-14-8-6-5-7-13(14)20-15/h5-8,10-11H,9H2,1-4H3. The lowest BCUT2D eigenvalue weighted by molar-refractivity contribution is 0.324. The molecule has 1 heterocycles. The van der Waals surface area contributed by atoms with Crippen LogP contribution in [0.2, 0.25) is 0 Å². The fourth-order valence-electron chi connectivity index (χ4n) is 2.73. The van der Waals surface area contributed by atoms with E-state index in [0.29, 0.717) is 29.5 Å². The molecule has 25 heavy (non-hydrogen) atoms. The third-order valence-electron chi connectivity index (χ3n) is 3.90. The maximum Gasteiger partial charge on any atom is 0.236 e. The largest absolute Gasteiger partial charge is 0.493 e. The first-order valence-electron chi connectivity index (χ1n) is 7.78. The Morgan fingerprint density at radius 3 is 1.88 bits per heavy atom. The molecule has 0 aliphatic carbocycles. The van der Waals surface area contributed by atoms with Gasteiger partial charge in [0.2, 0.25) is 11.6 Å². The number of fused-ring (bicyclic) bond motifs is 1. The number of nitrogens with zero attached hydrogens (tertiary/aromatic N) is 2. The number of benzene rings is 2. The molecule has 0 saturated carbocycles. The summed E-state index contributed by atoms with van der Waals surface area (Å²) in [6.07, 6.45) is 0.526. The molecule has 0 unspecified atom stereocenters. The molecule has 6 nitrogen and oxygen atoms in total. The van der Waals surface area contributed by atoms with Gasteiger partial charge in [0.05, 0.1) is 39.5 Å². The molecule has 130 valence electrons. The SMILES string of the molecule is COc1cc(Cc2nc3ccccc3nc2OC)cc(OC)c1OC. The molecule has 3 rings (SSSR count). The van der Waals surface area contributed by atoms with Crippen molar-refractivity contribution in [3.8, 4) is 23.1 Å². The highest BCUT2D eigenvalue weighted by molar-refractivity contribution is 5.74. The third-order valence-corrected chi connectivity index (χ3v) is 3.90. The maximum absolute atomic E-state index is 5.42. The Morgan fingerprint density at radius 1 is 0.760 bits per heavy atom. The molecule has 2 aromatic carbocycles. The van der Waals surface area contributed by atoms with E-state index in [-0.39, 0.29) is 0 Å². The molecule has 0 N–H and O–H groups in total. The highest BCUT2D eigenvalue weighted by Gasteiger charge is 2.16. The topological polar surface area (TPSA) is 62.7 Å². The van der Waals surface area contributed by atoms with E-state index in [1.54, 1.807) is 28.4 Å². The van der Waals surface area contributed by atoms with Crippen molar-refractivity contribution >= 4 is 11.0 Å². The second-order valence-corrected chi connectivity index (χ2v) is 5.38. The Bertz CT molecular complexity index is 871. The van der Waals surface area contributed by atoms with Crippen molar-refractivity contribution < 1.29 is 18.9 Å². The van der Waals surface area contributed by atoms with Crippen molar-refractivity contribution in [2.45, 2.75) is 6.42 Å². The summed E-state index contributed by atoms with van der Waals surface area (Å²) in [6, 6.07) is 11.5. The smallest absolute Gasteiger partial charge is 0.236 e. The minimum absolute atomic E-state index is 0.507. The van der Waals surface area contributed by atoms with E-state index >= 15 is 0 Å². The molecular weight excluding hydrogens is 320 g/mol.